The molecule has 0 aliphatic carbocycles. The molecule has 1 aromatic carbocycles. The lowest BCUT2D eigenvalue weighted by atomic mass is 9.97. The largest absolute Gasteiger partial charge is 0.388 e. The third kappa shape index (κ3) is 3.32. The molecule has 2 N–H and O–H groups in total. The fraction of sp³-hybridized carbons (Fsp3) is 0.588. The summed E-state index contributed by atoms with van der Waals surface area (Å²) in [5.74, 6) is 0. The van der Waals surface area contributed by atoms with Crippen molar-refractivity contribution >= 4 is 16.8 Å². The summed E-state index contributed by atoms with van der Waals surface area (Å²) in [6.07, 6.45) is -2.20. The van der Waals surface area contributed by atoms with E-state index in [0.29, 0.717) is 0 Å². The van der Waals surface area contributed by atoms with Crippen LogP contribution in [0.4, 0.5) is 0 Å². The highest BCUT2D eigenvalue weighted by molar-refractivity contribution is 8.14. The van der Waals surface area contributed by atoms with Gasteiger partial charge in [-0.3, -0.25) is 4.99 Å². The molecule has 3 rings (SSSR count). The lowest BCUT2D eigenvalue weighted by molar-refractivity contribution is -0.288. The quantitative estimate of drug-likeness (QED) is 0.882. The van der Waals surface area contributed by atoms with Crippen molar-refractivity contribution in [3.8, 4) is 0 Å². The number of hydrogen-bond acceptors (Lipinski definition) is 6. The van der Waals surface area contributed by atoms with Gasteiger partial charge in [0, 0.05) is 0 Å². The Morgan fingerprint density at radius 2 is 1.91 bits per heavy atom. The van der Waals surface area contributed by atoms with Crippen LogP contribution >= 0.6 is 11.8 Å². The molecule has 2 heterocycles. The Hall–Kier alpha value is -0.920. The predicted octanol–water partition coefficient (Wildman–Crippen LogP) is 2.27. The van der Waals surface area contributed by atoms with E-state index in [-0.39, 0.29) is 5.44 Å². The molecular formula is C17H23NO4S. The second-order valence-corrected chi connectivity index (χ2v) is 7.50. The maximum Gasteiger partial charge on any atom is 0.188 e. The molecule has 0 radical (unpaired) electrons. The number of aliphatic imine (C=N–C) groups is 1. The standard InChI is InChI=1S/C17H23NO4S/c1-4-11-18-12-13(19)14(20)15(21-16(12)23-11)22-17(2,3)10-8-6-5-7-9-10/h5-9,12-16,19-20H,4H2,1-3H3. The minimum absolute atomic E-state index is 0.306. The van der Waals surface area contributed by atoms with Crippen molar-refractivity contribution in [2.45, 2.75) is 62.8 Å². The number of rotatable bonds is 4. The summed E-state index contributed by atoms with van der Waals surface area (Å²) >= 11 is 1.50. The molecule has 0 spiro atoms. The highest BCUT2D eigenvalue weighted by atomic mass is 32.2. The summed E-state index contributed by atoms with van der Waals surface area (Å²) in [6.45, 7) is 5.86. The van der Waals surface area contributed by atoms with E-state index in [0.717, 1.165) is 17.0 Å². The van der Waals surface area contributed by atoms with E-state index in [4.69, 9.17) is 9.47 Å². The zero-order chi connectivity index (χ0) is 16.6. The van der Waals surface area contributed by atoms with Gasteiger partial charge in [0.15, 0.2) is 6.29 Å². The second-order valence-electron chi connectivity index (χ2n) is 6.33. The topological polar surface area (TPSA) is 71.3 Å². The number of ether oxygens (including phenoxy) is 2. The second kappa shape index (κ2) is 6.53. The summed E-state index contributed by atoms with van der Waals surface area (Å²) < 4.78 is 11.9. The minimum atomic E-state index is -1.13. The van der Waals surface area contributed by atoms with Gasteiger partial charge in [-0.1, -0.05) is 49.0 Å². The van der Waals surface area contributed by atoms with Crippen molar-refractivity contribution in [3.05, 3.63) is 35.9 Å². The summed E-state index contributed by atoms with van der Waals surface area (Å²) in [5.41, 5.74) is 0.0360. The van der Waals surface area contributed by atoms with E-state index in [1.165, 1.54) is 11.8 Å². The number of benzene rings is 1. The van der Waals surface area contributed by atoms with Gasteiger partial charge in [0.2, 0.25) is 0 Å². The van der Waals surface area contributed by atoms with Gasteiger partial charge in [-0.25, -0.2) is 0 Å². The number of aliphatic hydroxyl groups is 2. The van der Waals surface area contributed by atoms with Gasteiger partial charge in [0.25, 0.3) is 0 Å². The molecule has 6 heteroatoms. The van der Waals surface area contributed by atoms with E-state index in [1.54, 1.807) is 0 Å². The van der Waals surface area contributed by atoms with E-state index in [9.17, 15) is 10.2 Å². The maximum atomic E-state index is 10.4. The molecule has 23 heavy (non-hydrogen) atoms. The summed E-state index contributed by atoms with van der Waals surface area (Å²) in [6, 6.07) is 9.34. The van der Waals surface area contributed by atoms with Gasteiger partial charge < -0.3 is 19.7 Å². The van der Waals surface area contributed by atoms with Crippen molar-refractivity contribution in [1.82, 2.24) is 0 Å². The van der Waals surface area contributed by atoms with E-state index >= 15 is 0 Å². The van der Waals surface area contributed by atoms with Gasteiger partial charge in [-0.2, -0.15) is 0 Å². The molecule has 5 atom stereocenters. The van der Waals surface area contributed by atoms with Crippen molar-refractivity contribution < 1.29 is 19.7 Å². The summed E-state index contributed by atoms with van der Waals surface area (Å²) in [5, 5.41) is 21.7. The zero-order valence-electron chi connectivity index (χ0n) is 13.5. The summed E-state index contributed by atoms with van der Waals surface area (Å²) in [7, 11) is 0. The Labute approximate surface area is 140 Å². The Morgan fingerprint density at radius 3 is 2.57 bits per heavy atom. The van der Waals surface area contributed by atoms with E-state index in [2.05, 4.69) is 4.99 Å². The number of fused-ring (bicyclic) bond motifs is 1. The fourth-order valence-electron chi connectivity index (χ4n) is 2.85. The van der Waals surface area contributed by atoms with Crippen LogP contribution in [0, 0.1) is 0 Å². The van der Waals surface area contributed by atoms with Crippen LogP contribution in [0.25, 0.3) is 0 Å². The van der Waals surface area contributed by atoms with E-state index in [1.807, 2.05) is 51.1 Å². The first-order valence-electron chi connectivity index (χ1n) is 7.90. The summed E-state index contributed by atoms with van der Waals surface area (Å²) in [4.78, 5) is 4.44. The van der Waals surface area contributed by atoms with Gasteiger partial charge in [-0.15, -0.1) is 0 Å². The molecule has 1 aromatic rings. The van der Waals surface area contributed by atoms with Crippen molar-refractivity contribution in [1.29, 1.82) is 0 Å². The highest BCUT2D eigenvalue weighted by Gasteiger charge is 2.49. The molecule has 0 bridgehead atoms. The molecule has 0 saturated carbocycles. The average Bonchev–Trinajstić information content (AvgIpc) is 2.96. The minimum Gasteiger partial charge on any atom is -0.388 e. The fourth-order valence-corrected chi connectivity index (χ4v) is 4.00. The molecule has 5 unspecified atom stereocenters. The average molecular weight is 337 g/mol. The molecule has 2 aliphatic rings. The molecular weight excluding hydrogens is 314 g/mol. The van der Waals surface area contributed by atoms with Gasteiger partial charge in [-0.05, 0) is 25.8 Å². The van der Waals surface area contributed by atoms with Crippen LogP contribution in [0.2, 0.25) is 0 Å². The smallest absolute Gasteiger partial charge is 0.188 e. The Bertz CT molecular complexity index is 577. The number of aliphatic hydroxyl groups excluding tert-OH is 2. The Kier molecular flexibility index (Phi) is 4.80. The van der Waals surface area contributed by atoms with Crippen molar-refractivity contribution in [2.75, 3.05) is 0 Å². The lowest BCUT2D eigenvalue weighted by Crippen LogP contribution is -2.56. The predicted molar refractivity (Wildman–Crippen MR) is 90.3 cm³/mol. The van der Waals surface area contributed by atoms with Gasteiger partial charge in [0.05, 0.1) is 10.6 Å². The van der Waals surface area contributed by atoms with Crippen molar-refractivity contribution in [3.63, 3.8) is 0 Å². The monoisotopic (exact) mass is 337 g/mol. The lowest BCUT2D eigenvalue weighted by Gasteiger charge is -2.41. The van der Waals surface area contributed by atoms with Crippen LogP contribution in [0.5, 0.6) is 0 Å². The third-order valence-corrected chi connectivity index (χ3v) is 5.54. The maximum absolute atomic E-state index is 10.4. The zero-order valence-corrected chi connectivity index (χ0v) is 14.4. The first-order chi connectivity index (χ1) is 10.9. The molecule has 1 saturated heterocycles. The normalized spacial score (nSPS) is 34.1. The van der Waals surface area contributed by atoms with E-state index < -0.39 is 30.1 Å². The van der Waals surface area contributed by atoms with Crippen LogP contribution < -0.4 is 0 Å². The number of thioether (sulfide) groups is 1. The molecule has 0 amide bonds. The van der Waals surface area contributed by atoms with Crippen LogP contribution in [-0.4, -0.2) is 45.2 Å². The van der Waals surface area contributed by atoms with Crippen molar-refractivity contribution in [2.24, 2.45) is 4.99 Å². The van der Waals surface area contributed by atoms with Crippen LogP contribution in [-0.2, 0) is 15.1 Å². The number of hydrogen-bond donors (Lipinski definition) is 2. The SMILES string of the molecule is CCC1=NC2C(OC(OC(C)(C)c3ccccc3)C(O)C2O)S1. The first-order valence-corrected chi connectivity index (χ1v) is 8.78. The first kappa shape index (κ1) is 16.9. The van der Waals surface area contributed by atoms with Gasteiger partial charge in [0.1, 0.15) is 23.7 Å². The third-order valence-electron chi connectivity index (χ3n) is 4.25. The molecule has 126 valence electrons. The number of nitrogens with zero attached hydrogens (tertiary/aromatic N) is 1. The van der Waals surface area contributed by atoms with Crippen LogP contribution in [0.1, 0.15) is 32.8 Å². The molecule has 5 nitrogen and oxygen atoms in total. The molecule has 0 aromatic heterocycles. The molecule has 2 aliphatic heterocycles. The van der Waals surface area contributed by atoms with Gasteiger partial charge >= 0.3 is 0 Å². The Morgan fingerprint density at radius 1 is 1.22 bits per heavy atom. The van der Waals surface area contributed by atoms with Crippen LogP contribution in [0.15, 0.2) is 35.3 Å². The highest BCUT2D eigenvalue weighted by Crippen LogP contribution is 2.39. The molecule has 1 fully saturated rings. The Balaban J connectivity index is 1.74. The van der Waals surface area contributed by atoms with Crippen LogP contribution in [0.3, 0.4) is 0 Å².